The molecule has 7 heteroatoms. The number of rotatable bonds is 6. The molecule has 0 saturated heterocycles. The van der Waals surface area contributed by atoms with Gasteiger partial charge in [-0.05, 0) is 36.3 Å². The highest BCUT2D eigenvalue weighted by Crippen LogP contribution is 2.39. The zero-order valence-electron chi connectivity index (χ0n) is 18.6. The second-order valence-electron chi connectivity index (χ2n) is 7.98. The Bertz CT molecular complexity index is 1100. The van der Waals surface area contributed by atoms with E-state index in [1.54, 1.807) is 17.2 Å². The number of carbonyl (C=O) groups is 1. The van der Waals surface area contributed by atoms with Gasteiger partial charge in [-0.15, -0.1) is 0 Å². The van der Waals surface area contributed by atoms with Crippen molar-refractivity contribution in [1.29, 1.82) is 0 Å². The number of aliphatic imine (C=N–C) groups is 1. The van der Waals surface area contributed by atoms with E-state index in [-0.39, 0.29) is 18.0 Å². The van der Waals surface area contributed by atoms with Crippen molar-refractivity contribution >= 4 is 23.6 Å². The lowest BCUT2D eigenvalue weighted by atomic mass is 9.97. The molecule has 4 rings (SSSR count). The van der Waals surface area contributed by atoms with Crippen LogP contribution in [0.4, 0.5) is 5.69 Å². The van der Waals surface area contributed by atoms with Crippen LogP contribution in [0, 0.1) is 0 Å². The fourth-order valence-corrected chi connectivity index (χ4v) is 3.95. The van der Waals surface area contributed by atoms with Crippen molar-refractivity contribution < 1.29 is 4.79 Å². The summed E-state index contributed by atoms with van der Waals surface area (Å²) in [5.41, 5.74) is 11.3. The average molecular weight is 429 g/mol. The maximum atomic E-state index is 12.8. The molecule has 0 radical (unpaired) electrons. The molecule has 2 aromatic rings. The van der Waals surface area contributed by atoms with Gasteiger partial charge in [-0.2, -0.15) is 5.10 Å². The Balaban J connectivity index is 1.49. The third-order valence-electron chi connectivity index (χ3n) is 5.90. The third kappa shape index (κ3) is 4.33. The summed E-state index contributed by atoms with van der Waals surface area (Å²) in [4.78, 5) is 19.0. The van der Waals surface area contributed by atoms with E-state index < -0.39 is 0 Å². The van der Waals surface area contributed by atoms with Crippen molar-refractivity contribution in [3.8, 4) is 0 Å². The number of likely N-dealkylation sites (N-methyl/N-ethyl adjacent to an activating group) is 2. The molecule has 1 unspecified atom stereocenters. The van der Waals surface area contributed by atoms with Crippen LogP contribution in [-0.4, -0.2) is 48.5 Å². The molecule has 2 aliphatic rings. The standard InChI is InChI=1S/C25H28N6O/c1-17(10-13-23(32)30(3)18(2)19-8-6-5-7-9-19)24-21-16-20(25-26-14-15-27-28-25)11-12-22(21)29-31(24)4/h5-13,15-16,18,24,29H,1,14H2,2-4H3,(H,26,28)/b13-10+/t18-,24?/m0/s1. The molecule has 2 aromatic carbocycles. The molecule has 0 saturated carbocycles. The lowest BCUT2D eigenvalue weighted by Crippen LogP contribution is -2.28. The molecule has 2 N–H and O–H groups in total. The Morgan fingerprint density at radius 3 is 2.75 bits per heavy atom. The predicted octanol–water partition coefficient (Wildman–Crippen LogP) is 3.67. The van der Waals surface area contributed by atoms with Gasteiger partial charge < -0.3 is 10.3 Å². The van der Waals surface area contributed by atoms with Gasteiger partial charge in [0.1, 0.15) is 5.84 Å². The second-order valence-corrected chi connectivity index (χ2v) is 7.98. The summed E-state index contributed by atoms with van der Waals surface area (Å²) in [7, 11) is 3.79. The molecular formula is C25H28N6O. The van der Waals surface area contributed by atoms with E-state index in [0.29, 0.717) is 6.54 Å². The first kappa shape index (κ1) is 21.5. The maximum absolute atomic E-state index is 12.8. The molecular weight excluding hydrogens is 400 g/mol. The van der Waals surface area contributed by atoms with Crippen molar-refractivity contribution in [2.75, 3.05) is 26.1 Å². The van der Waals surface area contributed by atoms with Crippen LogP contribution in [0.5, 0.6) is 0 Å². The lowest BCUT2D eigenvalue weighted by molar-refractivity contribution is -0.126. The second kappa shape index (κ2) is 9.20. The van der Waals surface area contributed by atoms with E-state index in [0.717, 1.165) is 33.8 Å². The van der Waals surface area contributed by atoms with E-state index in [4.69, 9.17) is 0 Å². The zero-order valence-corrected chi connectivity index (χ0v) is 18.6. The number of hydrogen-bond donors (Lipinski definition) is 2. The Kier molecular flexibility index (Phi) is 6.18. The van der Waals surface area contributed by atoms with Crippen molar-refractivity contribution in [2.24, 2.45) is 10.1 Å². The fourth-order valence-electron chi connectivity index (χ4n) is 3.95. The number of hydrazine groups is 1. The van der Waals surface area contributed by atoms with Gasteiger partial charge in [0.2, 0.25) is 5.91 Å². The lowest BCUT2D eigenvalue weighted by Gasteiger charge is -2.24. The Morgan fingerprint density at radius 1 is 1.25 bits per heavy atom. The van der Waals surface area contributed by atoms with Crippen LogP contribution < -0.4 is 10.9 Å². The van der Waals surface area contributed by atoms with Crippen molar-refractivity contribution in [3.63, 3.8) is 0 Å². The smallest absolute Gasteiger partial charge is 0.246 e. The summed E-state index contributed by atoms with van der Waals surface area (Å²) < 4.78 is 0. The third-order valence-corrected chi connectivity index (χ3v) is 5.90. The molecule has 0 bridgehead atoms. The molecule has 2 heterocycles. The van der Waals surface area contributed by atoms with Gasteiger partial charge >= 0.3 is 0 Å². The molecule has 7 nitrogen and oxygen atoms in total. The van der Waals surface area contributed by atoms with Crippen LogP contribution in [-0.2, 0) is 4.79 Å². The Morgan fingerprint density at radius 2 is 2.03 bits per heavy atom. The molecule has 0 spiro atoms. The molecule has 32 heavy (non-hydrogen) atoms. The van der Waals surface area contributed by atoms with E-state index in [9.17, 15) is 4.79 Å². The summed E-state index contributed by atoms with van der Waals surface area (Å²) in [5.74, 6) is 0.681. The monoisotopic (exact) mass is 428 g/mol. The van der Waals surface area contributed by atoms with Gasteiger partial charge in [-0.25, -0.2) is 5.01 Å². The highest BCUT2D eigenvalue weighted by atomic mass is 16.2. The number of fused-ring (bicyclic) bond motifs is 1. The summed E-state index contributed by atoms with van der Waals surface area (Å²) in [6, 6.07) is 16.0. The van der Waals surface area contributed by atoms with Crippen LogP contribution >= 0.6 is 0 Å². The van der Waals surface area contributed by atoms with Gasteiger partial charge in [0.25, 0.3) is 0 Å². The highest BCUT2D eigenvalue weighted by molar-refractivity contribution is 6.01. The van der Waals surface area contributed by atoms with Crippen LogP contribution in [0.25, 0.3) is 0 Å². The largest absolute Gasteiger partial charge is 0.335 e. The van der Waals surface area contributed by atoms with E-state index >= 15 is 0 Å². The first-order valence-electron chi connectivity index (χ1n) is 10.6. The number of carbonyl (C=O) groups excluding carboxylic acids is 1. The van der Waals surface area contributed by atoms with E-state index in [1.165, 1.54) is 0 Å². The number of hydrazone groups is 1. The minimum Gasteiger partial charge on any atom is -0.335 e. The predicted molar refractivity (Wildman–Crippen MR) is 130 cm³/mol. The summed E-state index contributed by atoms with van der Waals surface area (Å²) in [6.45, 7) is 6.84. The molecule has 0 aliphatic carbocycles. The van der Waals surface area contributed by atoms with Gasteiger partial charge in [0.15, 0.2) is 0 Å². The summed E-state index contributed by atoms with van der Waals surface area (Å²) in [5, 5.41) is 6.09. The minimum atomic E-state index is -0.0986. The number of nitrogens with zero attached hydrogens (tertiary/aromatic N) is 4. The molecule has 0 fully saturated rings. The average Bonchev–Trinajstić information content (AvgIpc) is 3.17. The Hall–Kier alpha value is -3.71. The normalized spacial score (nSPS) is 18.5. The van der Waals surface area contributed by atoms with Crippen molar-refractivity contribution in [1.82, 2.24) is 15.3 Å². The topological polar surface area (TPSA) is 72.3 Å². The van der Waals surface area contributed by atoms with Crippen LogP contribution in [0.3, 0.4) is 0 Å². The summed E-state index contributed by atoms with van der Waals surface area (Å²) >= 11 is 0. The maximum Gasteiger partial charge on any atom is 0.246 e. The highest BCUT2D eigenvalue weighted by Gasteiger charge is 2.29. The van der Waals surface area contributed by atoms with Crippen molar-refractivity contribution in [3.05, 3.63) is 89.5 Å². The van der Waals surface area contributed by atoms with Gasteiger partial charge in [-0.3, -0.25) is 15.2 Å². The molecule has 164 valence electrons. The van der Waals surface area contributed by atoms with Crippen molar-refractivity contribution in [2.45, 2.75) is 19.0 Å². The fraction of sp³-hybridized carbons (Fsp3) is 0.240. The zero-order chi connectivity index (χ0) is 22.7. The van der Waals surface area contributed by atoms with Crippen LogP contribution in [0.1, 0.15) is 35.7 Å². The SMILES string of the molecule is C=C(/C=C/C(=O)N(C)[C@@H](C)c1ccccc1)C1c2cc(C3=NCC=NN3)ccc2NN1C. The number of anilines is 1. The summed E-state index contributed by atoms with van der Waals surface area (Å²) in [6.07, 6.45) is 5.13. The number of hydrogen-bond acceptors (Lipinski definition) is 6. The van der Waals surface area contributed by atoms with Gasteiger partial charge in [-0.1, -0.05) is 43.0 Å². The molecule has 1 amide bonds. The minimum absolute atomic E-state index is 0.0212. The van der Waals surface area contributed by atoms with E-state index in [1.807, 2.05) is 74.6 Å². The quantitative estimate of drug-likeness (QED) is 0.544. The molecule has 0 aromatic heterocycles. The van der Waals surface area contributed by atoms with Gasteiger partial charge in [0, 0.05) is 37.5 Å². The number of nitrogens with one attached hydrogen (secondary N) is 2. The van der Waals surface area contributed by atoms with Gasteiger partial charge in [0.05, 0.1) is 24.3 Å². The molecule has 2 atom stereocenters. The van der Waals surface area contributed by atoms with Crippen LogP contribution in [0.2, 0.25) is 0 Å². The Labute approximate surface area is 188 Å². The van der Waals surface area contributed by atoms with Crippen LogP contribution in [0.15, 0.2) is 82.9 Å². The number of benzene rings is 2. The number of amidine groups is 1. The van der Waals surface area contributed by atoms with E-state index in [2.05, 4.69) is 33.6 Å². The number of amides is 1. The molecule has 2 aliphatic heterocycles. The first-order chi connectivity index (χ1) is 15.5. The first-order valence-corrected chi connectivity index (χ1v) is 10.6.